The van der Waals surface area contributed by atoms with Crippen molar-refractivity contribution in [3.05, 3.63) is 35.4 Å². The van der Waals surface area contributed by atoms with E-state index in [1.165, 1.54) is 11.1 Å². The Kier molecular flexibility index (Phi) is 10.2. The van der Waals surface area contributed by atoms with Crippen LogP contribution in [-0.4, -0.2) is 55.1 Å². The van der Waals surface area contributed by atoms with E-state index in [2.05, 4.69) is 67.5 Å². The van der Waals surface area contributed by atoms with Gasteiger partial charge in [0.25, 0.3) is 0 Å². The average molecular weight is 486 g/mol. The third-order valence-electron chi connectivity index (χ3n) is 7.63. The molecule has 2 atom stereocenters. The molecule has 0 saturated carbocycles. The van der Waals surface area contributed by atoms with Crippen molar-refractivity contribution in [2.45, 2.75) is 97.7 Å². The number of piperidine rings is 1. The highest BCUT2D eigenvalue weighted by molar-refractivity contribution is 5.90. The number of ether oxygens (including phenoxy) is 1. The minimum absolute atomic E-state index is 0.0621. The molecule has 2 aliphatic heterocycles. The lowest BCUT2D eigenvalue weighted by Crippen LogP contribution is -2.55. The van der Waals surface area contributed by atoms with Crippen LogP contribution >= 0.6 is 0 Å². The summed E-state index contributed by atoms with van der Waals surface area (Å²) in [7, 11) is 0. The summed E-state index contributed by atoms with van der Waals surface area (Å²) in [4.78, 5) is 29.2. The third-order valence-corrected chi connectivity index (χ3v) is 7.63. The summed E-state index contributed by atoms with van der Waals surface area (Å²) in [6.07, 6.45) is 5.06. The Bertz CT molecular complexity index is 813. The smallest absolute Gasteiger partial charge is 0.242 e. The van der Waals surface area contributed by atoms with E-state index in [0.29, 0.717) is 31.5 Å². The van der Waals surface area contributed by atoms with Gasteiger partial charge < -0.3 is 15.4 Å². The zero-order chi connectivity index (χ0) is 25.4. The minimum Gasteiger partial charge on any atom is -0.379 e. The summed E-state index contributed by atoms with van der Waals surface area (Å²) in [5.74, 6) is 0.818. The third kappa shape index (κ3) is 8.04. The van der Waals surface area contributed by atoms with Crippen LogP contribution in [0.2, 0.25) is 0 Å². The predicted molar refractivity (Wildman–Crippen MR) is 141 cm³/mol. The zero-order valence-electron chi connectivity index (χ0n) is 22.6. The van der Waals surface area contributed by atoms with Crippen LogP contribution in [0.5, 0.6) is 0 Å². The van der Waals surface area contributed by atoms with Gasteiger partial charge in [-0.25, -0.2) is 0 Å². The van der Waals surface area contributed by atoms with Gasteiger partial charge in [0.05, 0.1) is 12.0 Å². The SMILES string of the molecule is CC(C)C[C@@H]1NC(=O)C2(CCCCOC[C@@H](C)NC1=O)CCN(Cc1ccc(C(C)C)cc1)CC2. The molecule has 2 N–H and O–H groups in total. The molecule has 0 radical (unpaired) electrons. The van der Waals surface area contributed by atoms with Crippen molar-refractivity contribution in [3.8, 4) is 0 Å². The number of nitrogens with zero attached hydrogens (tertiary/aromatic N) is 1. The lowest BCUT2D eigenvalue weighted by atomic mass is 9.73. The van der Waals surface area contributed by atoms with Crippen molar-refractivity contribution in [2.75, 3.05) is 26.3 Å². The fraction of sp³-hybridized carbons (Fsp3) is 0.724. The molecular formula is C29H47N3O3. The van der Waals surface area contributed by atoms with Gasteiger partial charge >= 0.3 is 0 Å². The molecule has 2 amide bonds. The molecule has 6 nitrogen and oxygen atoms in total. The molecule has 3 rings (SSSR count). The van der Waals surface area contributed by atoms with Gasteiger partial charge in [-0.1, -0.05) is 58.4 Å². The molecule has 2 saturated heterocycles. The number of rotatable bonds is 5. The second-order valence-electron chi connectivity index (χ2n) is 11.6. The van der Waals surface area contributed by atoms with Crippen LogP contribution in [0, 0.1) is 11.3 Å². The monoisotopic (exact) mass is 485 g/mol. The summed E-state index contributed by atoms with van der Waals surface area (Å²) in [5.41, 5.74) is 2.28. The number of hydrogen-bond acceptors (Lipinski definition) is 4. The first-order valence-electron chi connectivity index (χ1n) is 13.7. The maximum atomic E-state index is 13.7. The molecule has 0 aromatic heterocycles. The van der Waals surface area contributed by atoms with Crippen molar-refractivity contribution < 1.29 is 14.3 Å². The second kappa shape index (κ2) is 12.9. The first kappa shape index (κ1) is 27.7. The minimum atomic E-state index is -0.500. The normalized spacial score (nSPS) is 25.0. The number of carbonyl (C=O) groups is 2. The molecule has 2 fully saturated rings. The van der Waals surface area contributed by atoms with E-state index in [4.69, 9.17) is 4.74 Å². The van der Waals surface area contributed by atoms with E-state index < -0.39 is 11.5 Å². The zero-order valence-corrected chi connectivity index (χ0v) is 22.6. The van der Waals surface area contributed by atoms with Gasteiger partial charge in [-0.05, 0) is 75.1 Å². The summed E-state index contributed by atoms with van der Waals surface area (Å²) in [6, 6.07) is 8.37. The highest BCUT2D eigenvalue weighted by Crippen LogP contribution is 2.38. The van der Waals surface area contributed by atoms with Crippen molar-refractivity contribution in [3.63, 3.8) is 0 Å². The Hall–Kier alpha value is -1.92. The standard InChI is InChI=1S/C29H47N3O3/c1-21(2)18-26-27(33)30-23(5)20-35-17-7-6-12-29(28(34)31-26)13-15-32(16-14-29)19-24-8-10-25(11-9-24)22(3)4/h8-11,21-23,26H,6-7,12-20H2,1-5H3,(H,30,33)(H,31,34)/t23-,26+/m1/s1. The Labute approximate surface area is 212 Å². The van der Waals surface area contributed by atoms with E-state index in [1.54, 1.807) is 0 Å². The Morgan fingerprint density at radius 3 is 2.31 bits per heavy atom. The van der Waals surface area contributed by atoms with Gasteiger partial charge in [-0.15, -0.1) is 0 Å². The average Bonchev–Trinajstić information content (AvgIpc) is 2.82. The topological polar surface area (TPSA) is 70.7 Å². The number of nitrogens with one attached hydrogen (secondary N) is 2. The van der Waals surface area contributed by atoms with Gasteiger partial charge in [0, 0.05) is 19.2 Å². The summed E-state index contributed by atoms with van der Waals surface area (Å²) in [5, 5.41) is 6.23. The van der Waals surface area contributed by atoms with Gasteiger partial charge in [0.2, 0.25) is 11.8 Å². The summed E-state index contributed by atoms with van der Waals surface area (Å²) in [6.45, 7) is 14.5. The molecule has 2 heterocycles. The van der Waals surface area contributed by atoms with Crippen LogP contribution in [0.15, 0.2) is 24.3 Å². The van der Waals surface area contributed by atoms with Gasteiger partial charge in [0.1, 0.15) is 6.04 Å². The first-order valence-corrected chi connectivity index (χ1v) is 13.7. The van der Waals surface area contributed by atoms with Crippen LogP contribution in [0.25, 0.3) is 0 Å². The van der Waals surface area contributed by atoms with E-state index in [-0.39, 0.29) is 17.9 Å². The van der Waals surface area contributed by atoms with Crippen molar-refractivity contribution >= 4 is 11.8 Å². The second-order valence-corrected chi connectivity index (χ2v) is 11.6. The Balaban J connectivity index is 1.69. The van der Waals surface area contributed by atoms with Gasteiger partial charge in [0.15, 0.2) is 0 Å². The number of carbonyl (C=O) groups excluding carboxylic acids is 2. The molecule has 0 unspecified atom stereocenters. The Morgan fingerprint density at radius 2 is 1.69 bits per heavy atom. The van der Waals surface area contributed by atoms with Crippen LogP contribution in [0.3, 0.4) is 0 Å². The van der Waals surface area contributed by atoms with Crippen LogP contribution in [-0.2, 0) is 20.9 Å². The molecule has 1 spiro atoms. The fourth-order valence-electron chi connectivity index (χ4n) is 5.32. The van der Waals surface area contributed by atoms with E-state index in [9.17, 15) is 9.59 Å². The predicted octanol–water partition coefficient (Wildman–Crippen LogP) is 4.63. The maximum absolute atomic E-state index is 13.7. The van der Waals surface area contributed by atoms with E-state index in [0.717, 1.165) is 51.7 Å². The number of amides is 2. The number of hydrogen-bond donors (Lipinski definition) is 2. The van der Waals surface area contributed by atoms with Gasteiger partial charge in [-0.2, -0.15) is 0 Å². The van der Waals surface area contributed by atoms with Crippen LogP contribution in [0.1, 0.15) is 90.2 Å². The highest BCUT2D eigenvalue weighted by Gasteiger charge is 2.42. The van der Waals surface area contributed by atoms with Crippen LogP contribution < -0.4 is 10.6 Å². The van der Waals surface area contributed by atoms with E-state index in [1.807, 2.05) is 6.92 Å². The first-order chi connectivity index (χ1) is 16.7. The molecule has 0 aliphatic carbocycles. The number of likely N-dealkylation sites (tertiary alicyclic amines) is 1. The molecule has 35 heavy (non-hydrogen) atoms. The quantitative estimate of drug-likeness (QED) is 0.638. The molecule has 2 aliphatic rings. The van der Waals surface area contributed by atoms with Crippen molar-refractivity contribution in [1.29, 1.82) is 0 Å². The van der Waals surface area contributed by atoms with E-state index >= 15 is 0 Å². The highest BCUT2D eigenvalue weighted by atomic mass is 16.5. The fourth-order valence-corrected chi connectivity index (χ4v) is 5.32. The Morgan fingerprint density at radius 1 is 1.00 bits per heavy atom. The van der Waals surface area contributed by atoms with Crippen molar-refractivity contribution in [1.82, 2.24) is 15.5 Å². The maximum Gasteiger partial charge on any atom is 0.242 e. The van der Waals surface area contributed by atoms with Gasteiger partial charge in [-0.3, -0.25) is 14.5 Å². The lowest BCUT2D eigenvalue weighted by molar-refractivity contribution is -0.138. The molecule has 1 aromatic rings. The summed E-state index contributed by atoms with van der Waals surface area (Å²) >= 11 is 0. The molecule has 0 bridgehead atoms. The van der Waals surface area contributed by atoms with Crippen LogP contribution in [0.4, 0.5) is 0 Å². The number of benzene rings is 1. The lowest BCUT2D eigenvalue weighted by Gasteiger charge is -2.41. The molecule has 1 aromatic carbocycles. The largest absolute Gasteiger partial charge is 0.379 e. The molecule has 196 valence electrons. The molecular weight excluding hydrogens is 438 g/mol. The molecule has 6 heteroatoms. The summed E-state index contributed by atoms with van der Waals surface area (Å²) < 4.78 is 5.80. The van der Waals surface area contributed by atoms with Crippen molar-refractivity contribution in [2.24, 2.45) is 11.3 Å².